The highest BCUT2D eigenvalue weighted by Gasteiger charge is 2.57. The number of anilines is 1. The summed E-state index contributed by atoms with van der Waals surface area (Å²) in [5.74, 6) is 1.31. The number of hydrogen-bond donors (Lipinski definition) is 2. The Hall–Kier alpha value is -3.52. The molecular weight excluding hydrogens is 625 g/mol. The maximum Gasteiger partial charge on any atom is 0.320 e. The van der Waals surface area contributed by atoms with Gasteiger partial charge in [-0.3, -0.25) is 9.78 Å². The van der Waals surface area contributed by atoms with Gasteiger partial charge in [0.25, 0.3) is 0 Å². The minimum Gasteiger partial charge on any atom is -0.463 e. The molecule has 2 saturated heterocycles. The van der Waals surface area contributed by atoms with E-state index in [1.165, 1.54) is 6.42 Å². The number of aryl methyl sites for hydroxylation is 2. The molecule has 2 unspecified atom stereocenters. The first-order valence-electron chi connectivity index (χ1n) is 16.4. The van der Waals surface area contributed by atoms with Gasteiger partial charge in [0, 0.05) is 54.1 Å². The summed E-state index contributed by atoms with van der Waals surface area (Å²) < 4.78 is 32.2. The Kier molecular flexibility index (Phi) is 6.30. The van der Waals surface area contributed by atoms with Gasteiger partial charge in [-0.25, -0.2) is 4.39 Å². The van der Waals surface area contributed by atoms with Crippen LogP contribution in [0.2, 0.25) is 5.02 Å². The summed E-state index contributed by atoms with van der Waals surface area (Å²) in [7, 11) is 6.00. The van der Waals surface area contributed by atoms with Crippen molar-refractivity contribution in [3.8, 4) is 17.3 Å². The van der Waals surface area contributed by atoms with Crippen LogP contribution >= 0.6 is 11.6 Å². The summed E-state index contributed by atoms with van der Waals surface area (Å²) in [4.78, 5) is 14.5. The third kappa shape index (κ3) is 4.57. The molecule has 248 valence electrons. The predicted octanol–water partition coefficient (Wildman–Crippen LogP) is 4.32. The van der Waals surface area contributed by atoms with Crippen LogP contribution in [0.3, 0.4) is 0 Å². The Morgan fingerprint density at radius 3 is 2.81 bits per heavy atom. The third-order valence-corrected chi connectivity index (χ3v) is 11.2. The fourth-order valence-corrected chi connectivity index (χ4v) is 8.67. The molecule has 0 radical (unpaired) electrons. The van der Waals surface area contributed by atoms with Gasteiger partial charge in [-0.05, 0) is 58.2 Å². The van der Waals surface area contributed by atoms with Gasteiger partial charge in [0.2, 0.25) is 0 Å². The summed E-state index contributed by atoms with van der Waals surface area (Å²) >= 11 is 6.82. The van der Waals surface area contributed by atoms with Gasteiger partial charge in [0.15, 0.2) is 5.65 Å². The molecule has 47 heavy (non-hydrogen) atoms. The fraction of sp³-hybridized carbons (Fsp3) is 0.576. The second kappa shape index (κ2) is 10.0. The SMILES string of the molecule is CN1CCC2CC2(COc2nc(N3CCOC[C@@](C)(O)C3)c3c4c(c(-c5c(C6(F)CC6)c(Cl)cc6[nH]ncc56)nn4C)n(C)c3n2)C1. The van der Waals surface area contributed by atoms with E-state index in [4.69, 9.17) is 36.1 Å². The molecule has 9 rings (SSSR count). The van der Waals surface area contributed by atoms with Crippen molar-refractivity contribution in [2.24, 2.45) is 25.4 Å². The van der Waals surface area contributed by atoms with Gasteiger partial charge in [0.1, 0.15) is 22.8 Å². The number of halogens is 2. The molecule has 4 aliphatic rings. The summed E-state index contributed by atoms with van der Waals surface area (Å²) in [6.45, 7) is 5.94. The number of alkyl halides is 1. The second-order valence-corrected chi connectivity index (χ2v) is 15.1. The zero-order chi connectivity index (χ0) is 32.5. The summed E-state index contributed by atoms with van der Waals surface area (Å²) in [5, 5.41) is 25.4. The van der Waals surface area contributed by atoms with Crippen LogP contribution in [0.1, 0.15) is 38.2 Å². The number of aliphatic hydroxyl groups is 1. The van der Waals surface area contributed by atoms with E-state index in [2.05, 4.69) is 27.0 Å². The topological polar surface area (TPSA) is 122 Å². The number of β-amino-alcohol motifs (C(OH)–C–C–N with tert-alkyl or cyclic N) is 1. The monoisotopic (exact) mass is 663 g/mol. The zero-order valence-corrected chi connectivity index (χ0v) is 27.9. The van der Waals surface area contributed by atoms with E-state index in [-0.39, 0.29) is 12.0 Å². The van der Waals surface area contributed by atoms with Crippen molar-refractivity contribution >= 4 is 50.4 Å². The number of hydrogen-bond acceptors (Lipinski definition) is 9. The van der Waals surface area contributed by atoms with Crippen LogP contribution in [0.4, 0.5) is 10.2 Å². The van der Waals surface area contributed by atoms with E-state index >= 15 is 4.39 Å². The van der Waals surface area contributed by atoms with Gasteiger partial charge < -0.3 is 28.9 Å². The Labute approximate surface area is 275 Å². The predicted molar refractivity (Wildman–Crippen MR) is 177 cm³/mol. The lowest BCUT2D eigenvalue weighted by atomic mass is 9.95. The zero-order valence-electron chi connectivity index (χ0n) is 27.1. The third-order valence-electron chi connectivity index (χ3n) is 10.9. The highest BCUT2D eigenvalue weighted by molar-refractivity contribution is 6.33. The van der Waals surface area contributed by atoms with Crippen molar-refractivity contribution in [2.75, 3.05) is 57.9 Å². The minimum atomic E-state index is -1.52. The number of aromatic nitrogens is 7. The first kappa shape index (κ1) is 29.6. The summed E-state index contributed by atoms with van der Waals surface area (Å²) in [6, 6.07) is 2.05. The van der Waals surface area contributed by atoms with E-state index in [1.807, 2.05) is 23.3 Å². The molecule has 2 aliphatic heterocycles. The Balaban J connectivity index is 1.26. The molecule has 1 aromatic carbocycles. The molecule has 0 spiro atoms. The van der Waals surface area contributed by atoms with Crippen molar-refractivity contribution in [3.63, 3.8) is 0 Å². The maximum absolute atomic E-state index is 16.1. The van der Waals surface area contributed by atoms with E-state index < -0.39 is 11.3 Å². The molecule has 0 bridgehead atoms. The van der Waals surface area contributed by atoms with Crippen LogP contribution in [0, 0.1) is 11.3 Å². The smallest absolute Gasteiger partial charge is 0.320 e. The van der Waals surface area contributed by atoms with E-state index in [1.54, 1.807) is 19.2 Å². The quantitative estimate of drug-likeness (QED) is 0.274. The fourth-order valence-electron chi connectivity index (χ4n) is 8.29. The van der Waals surface area contributed by atoms with Crippen molar-refractivity contribution < 1.29 is 19.0 Å². The number of ether oxygens (including phenoxy) is 2. The number of benzene rings is 1. The molecule has 2 aliphatic carbocycles. The average molecular weight is 664 g/mol. The van der Waals surface area contributed by atoms with E-state index in [0.717, 1.165) is 41.3 Å². The lowest BCUT2D eigenvalue weighted by Crippen LogP contribution is -2.42. The van der Waals surface area contributed by atoms with Gasteiger partial charge in [-0.15, -0.1) is 0 Å². The molecule has 4 aromatic heterocycles. The lowest BCUT2D eigenvalue weighted by molar-refractivity contribution is -0.0123. The van der Waals surface area contributed by atoms with Gasteiger partial charge in [-0.1, -0.05) is 11.6 Å². The Morgan fingerprint density at radius 1 is 1.17 bits per heavy atom. The molecule has 0 amide bonds. The molecule has 14 heteroatoms. The molecule has 2 saturated carbocycles. The second-order valence-electron chi connectivity index (χ2n) is 14.7. The number of piperidine rings is 1. The summed E-state index contributed by atoms with van der Waals surface area (Å²) in [5.41, 5.74) is 2.15. The number of likely N-dealkylation sites (tertiary alicyclic amines) is 1. The first-order valence-corrected chi connectivity index (χ1v) is 16.8. The number of aromatic amines is 1. The summed E-state index contributed by atoms with van der Waals surface area (Å²) in [6.07, 6.45) is 4.85. The van der Waals surface area contributed by atoms with Crippen molar-refractivity contribution in [2.45, 2.75) is 43.9 Å². The Morgan fingerprint density at radius 2 is 2.00 bits per heavy atom. The molecular formula is C33H39ClFN9O3. The molecule has 12 nitrogen and oxygen atoms in total. The van der Waals surface area contributed by atoms with Crippen molar-refractivity contribution in [3.05, 3.63) is 22.8 Å². The molecule has 2 N–H and O–H groups in total. The highest BCUT2D eigenvalue weighted by atomic mass is 35.5. The van der Waals surface area contributed by atoms with Crippen molar-refractivity contribution in [1.82, 2.24) is 39.4 Å². The number of rotatable bonds is 6. The molecule has 5 aromatic rings. The van der Waals surface area contributed by atoms with Crippen LogP contribution in [0.5, 0.6) is 6.01 Å². The van der Waals surface area contributed by atoms with Gasteiger partial charge in [-0.2, -0.15) is 20.2 Å². The standard InChI is InChI=1S/C33H39ClFN9O3/c1-31(45)14-44(9-10-46-16-31)29-23-26-27(42(3)28(23)37-30(38-29)47-17-32-12-18(32)5-8-41(2)15-32)25(40-43(26)4)22-19-13-36-39-21(19)11-20(34)24(22)33(35)6-7-33/h11,13,18,45H,5-10,12,14-17H2,1-4H3,(H,36,39)/t18?,31-,32?/m0/s1. The largest absolute Gasteiger partial charge is 0.463 e. The van der Waals surface area contributed by atoms with Gasteiger partial charge >= 0.3 is 6.01 Å². The van der Waals surface area contributed by atoms with E-state index in [9.17, 15) is 5.11 Å². The number of fused-ring (bicyclic) bond motifs is 5. The Bertz CT molecular complexity index is 2080. The van der Waals surface area contributed by atoms with E-state index in [0.29, 0.717) is 89.9 Å². The van der Waals surface area contributed by atoms with Crippen LogP contribution in [-0.2, 0) is 24.5 Å². The van der Waals surface area contributed by atoms with Crippen LogP contribution in [0.15, 0.2) is 12.3 Å². The van der Waals surface area contributed by atoms with Crippen molar-refractivity contribution in [1.29, 1.82) is 0 Å². The number of nitrogens with zero attached hydrogens (tertiary/aromatic N) is 8. The normalized spacial score (nSPS) is 27.5. The van der Waals surface area contributed by atoms with Gasteiger partial charge in [0.05, 0.1) is 54.5 Å². The molecule has 3 atom stereocenters. The van der Waals surface area contributed by atoms with Crippen LogP contribution in [-0.4, -0.2) is 103 Å². The highest BCUT2D eigenvalue weighted by Crippen LogP contribution is 2.58. The van der Waals surface area contributed by atoms with Crippen LogP contribution < -0.4 is 9.64 Å². The minimum absolute atomic E-state index is 0.131. The molecule has 6 heterocycles. The van der Waals surface area contributed by atoms with Crippen LogP contribution in [0.25, 0.3) is 44.2 Å². The average Bonchev–Trinajstić information content (AvgIpc) is 3.81. The maximum atomic E-state index is 16.1. The number of H-pyrrole nitrogens is 1. The first-order chi connectivity index (χ1) is 22.5. The number of nitrogens with one attached hydrogen (secondary N) is 1. The lowest BCUT2D eigenvalue weighted by Gasteiger charge is -2.30. The molecule has 4 fully saturated rings.